The van der Waals surface area contributed by atoms with Crippen LogP contribution in [0.5, 0.6) is 0 Å². The first-order valence-electron chi connectivity index (χ1n) is 7.68. The standard InChI is InChI=1S/C16H24F2N2O/c1-2-7-19-8-4-9-20(11-10-19)12-15(21)16-13(17)5-3-6-14(16)18/h3,5-6,15,21H,2,4,7-12H2,1H3. The third-order valence-corrected chi connectivity index (χ3v) is 3.99. The number of halogens is 2. The molecule has 1 atom stereocenters. The number of hydrogen-bond acceptors (Lipinski definition) is 3. The average molecular weight is 298 g/mol. The Labute approximate surface area is 125 Å². The first-order chi connectivity index (χ1) is 10.1. The minimum absolute atomic E-state index is 0.216. The van der Waals surface area contributed by atoms with Crippen molar-refractivity contribution in [2.75, 3.05) is 39.3 Å². The minimum atomic E-state index is -1.12. The van der Waals surface area contributed by atoms with Gasteiger partial charge in [0.05, 0.1) is 11.7 Å². The summed E-state index contributed by atoms with van der Waals surface area (Å²) in [4.78, 5) is 4.49. The molecular weight excluding hydrogens is 274 g/mol. The van der Waals surface area contributed by atoms with E-state index in [1.165, 1.54) is 18.2 Å². The number of nitrogens with zero attached hydrogens (tertiary/aromatic N) is 2. The minimum Gasteiger partial charge on any atom is -0.387 e. The molecule has 1 aromatic carbocycles. The van der Waals surface area contributed by atoms with Gasteiger partial charge in [0.25, 0.3) is 0 Å². The van der Waals surface area contributed by atoms with Gasteiger partial charge in [-0.3, -0.25) is 4.90 Å². The molecule has 1 fully saturated rings. The lowest BCUT2D eigenvalue weighted by Gasteiger charge is -2.24. The second kappa shape index (κ2) is 7.82. The van der Waals surface area contributed by atoms with Crippen molar-refractivity contribution in [1.82, 2.24) is 9.80 Å². The van der Waals surface area contributed by atoms with Crippen molar-refractivity contribution in [2.24, 2.45) is 0 Å². The Morgan fingerprint density at radius 2 is 1.71 bits per heavy atom. The Balaban J connectivity index is 1.95. The van der Waals surface area contributed by atoms with Gasteiger partial charge in [-0.2, -0.15) is 0 Å². The molecule has 1 heterocycles. The van der Waals surface area contributed by atoms with Crippen molar-refractivity contribution in [1.29, 1.82) is 0 Å². The number of aliphatic hydroxyl groups is 1. The first-order valence-corrected chi connectivity index (χ1v) is 7.68. The van der Waals surface area contributed by atoms with E-state index >= 15 is 0 Å². The Hall–Kier alpha value is -1.04. The van der Waals surface area contributed by atoms with E-state index in [9.17, 15) is 13.9 Å². The highest BCUT2D eigenvalue weighted by Gasteiger charge is 2.22. The molecule has 1 saturated heterocycles. The third-order valence-electron chi connectivity index (χ3n) is 3.99. The van der Waals surface area contributed by atoms with Crippen LogP contribution in [0.3, 0.4) is 0 Å². The molecule has 2 rings (SSSR count). The van der Waals surface area contributed by atoms with E-state index in [-0.39, 0.29) is 12.1 Å². The zero-order valence-electron chi connectivity index (χ0n) is 12.6. The van der Waals surface area contributed by atoms with Gasteiger partial charge in [0, 0.05) is 19.6 Å². The van der Waals surface area contributed by atoms with Crippen LogP contribution >= 0.6 is 0 Å². The van der Waals surface area contributed by atoms with E-state index in [1.54, 1.807) is 0 Å². The zero-order chi connectivity index (χ0) is 15.2. The summed E-state index contributed by atoms with van der Waals surface area (Å²) in [6, 6.07) is 3.69. The van der Waals surface area contributed by atoms with Gasteiger partial charge in [-0.05, 0) is 44.6 Å². The van der Waals surface area contributed by atoms with Crippen molar-refractivity contribution in [3.8, 4) is 0 Å². The molecule has 0 aliphatic carbocycles. The molecular formula is C16H24F2N2O. The summed E-state index contributed by atoms with van der Waals surface area (Å²) in [5, 5.41) is 10.2. The maximum atomic E-state index is 13.7. The molecule has 0 bridgehead atoms. The highest BCUT2D eigenvalue weighted by atomic mass is 19.1. The lowest BCUT2D eigenvalue weighted by Crippen LogP contribution is -2.34. The second-order valence-corrected chi connectivity index (χ2v) is 5.65. The Bertz CT molecular complexity index is 436. The molecule has 0 radical (unpaired) electrons. The van der Waals surface area contributed by atoms with Crippen LogP contribution in [0.15, 0.2) is 18.2 Å². The Morgan fingerprint density at radius 3 is 2.38 bits per heavy atom. The van der Waals surface area contributed by atoms with Gasteiger partial charge in [0.2, 0.25) is 0 Å². The molecule has 3 nitrogen and oxygen atoms in total. The predicted octanol–water partition coefficient (Wildman–Crippen LogP) is 2.42. The number of aliphatic hydroxyl groups excluding tert-OH is 1. The molecule has 0 aromatic heterocycles. The monoisotopic (exact) mass is 298 g/mol. The molecule has 118 valence electrons. The lowest BCUT2D eigenvalue weighted by molar-refractivity contribution is 0.108. The van der Waals surface area contributed by atoms with Crippen LogP contribution in [0.25, 0.3) is 0 Å². The fraction of sp³-hybridized carbons (Fsp3) is 0.625. The Morgan fingerprint density at radius 1 is 1.10 bits per heavy atom. The average Bonchev–Trinajstić information content (AvgIpc) is 2.65. The molecule has 1 aliphatic heterocycles. The normalized spacial score (nSPS) is 19.4. The van der Waals surface area contributed by atoms with E-state index in [4.69, 9.17) is 0 Å². The summed E-state index contributed by atoms with van der Waals surface area (Å²) in [7, 11) is 0. The number of rotatable bonds is 5. The maximum Gasteiger partial charge on any atom is 0.131 e. The molecule has 0 spiro atoms. The highest BCUT2D eigenvalue weighted by molar-refractivity contribution is 5.22. The highest BCUT2D eigenvalue weighted by Crippen LogP contribution is 2.22. The van der Waals surface area contributed by atoms with Gasteiger partial charge < -0.3 is 10.0 Å². The molecule has 0 amide bonds. The van der Waals surface area contributed by atoms with E-state index < -0.39 is 17.7 Å². The summed E-state index contributed by atoms with van der Waals surface area (Å²) in [5.74, 6) is -1.35. The predicted molar refractivity (Wildman–Crippen MR) is 79.1 cm³/mol. The molecule has 5 heteroatoms. The fourth-order valence-electron chi connectivity index (χ4n) is 2.91. The Kier molecular flexibility index (Phi) is 6.08. The first kappa shape index (κ1) is 16.3. The summed E-state index contributed by atoms with van der Waals surface area (Å²) in [6.45, 7) is 7.19. The van der Waals surface area contributed by atoms with Gasteiger partial charge in [-0.15, -0.1) is 0 Å². The summed E-state index contributed by atoms with van der Waals surface area (Å²) in [5.41, 5.74) is -0.216. The van der Waals surface area contributed by atoms with Crippen molar-refractivity contribution in [3.05, 3.63) is 35.4 Å². The van der Waals surface area contributed by atoms with Crippen LogP contribution in [0, 0.1) is 11.6 Å². The quantitative estimate of drug-likeness (QED) is 0.904. The molecule has 0 saturated carbocycles. The van der Waals surface area contributed by atoms with Crippen LogP contribution in [-0.4, -0.2) is 54.2 Å². The SMILES string of the molecule is CCCN1CCCN(CC(O)c2c(F)cccc2F)CC1. The fourth-order valence-corrected chi connectivity index (χ4v) is 2.91. The number of hydrogen-bond donors (Lipinski definition) is 1. The lowest BCUT2D eigenvalue weighted by atomic mass is 10.1. The van der Waals surface area contributed by atoms with E-state index in [1.807, 2.05) is 0 Å². The largest absolute Gasteiger partial charge is 0.387 e. The third kappa shape index (κ3) is 4.46. The maximum absolute atomic E-state index is 13.7. The number of benzene rings is 1. The molecule has 1 N–H and O–H groups in total. The van der Waals surface area contributed by atoms with Gasteiger partial charge in [-0.1, -0.05) is 13.0 Å². The molecule has 1 aromatic rings. The van der Waals surface area contributed by atoms with Gasteiger partial charge in [-0.25, -0.2) is 8.78 Å². The van der Waals surface area contributed by atoms with E-state index in [0.717, 1.165) is 45.6 Å². The van der Waals surface area contributed by atoms with Crippen LogP contribution in [0.4, 0.5) is 8.78 Å². The summed E-state index contributed by atoms with van der Waals surface area (Å²) >= 11 is 0. The smallest absolute Gasteiger partial charge is 0.131 e. The van der Waals surface area contributed by atoms with Crippen molar-refractivity contribution in [2.45, 2.75) is 25.9 Å². The second-order valence-electron chi connectivity index (χ2n) is 5.65. The van der Waals surface area contributed by atoms with Crippen LogP contribution in [0.1, 0.15) is 31.4 Å². The van der Waals surface area contributed by atoms with Crippen LogP contribution < -0.4 is 0 Å². The van der Waals surface area contributed by atoms with Gasteiger partial charge in [0.1, 0.15) is 11.6 Å². The van der Waals surface area contributed by atoms with Gasteiger partial charge in [0.15, 0.2) is 0 Å². The molecule has 21 heavy (non-hydrogen) atoms. The van der Waals surface area contributed by atoms with Crippen LogP contribution in [0.2, 0.25) is 0 Å². The number of β-amino-alcohol motifs (C(OH)–C–C–N with tert-alkyl or cyclic N) is 1. The summed E-state index contributed by atoms with van der Waals surface area (Å²) < 4.78 is 27.3. The molecule has 1 aliphatic rings. The van der Waals surface area contributed by atoms with E-state index in [0.29, 0.717) is 0 Å². The van der Waals surface area contributed by atoms with Crippen molar-refractivity contribution >= 4 is 0 Å². The van der Waals surface area contributed by atoms with E-state index in [2.05, 4.69) is 16.7 Å². The summed E-state index contributed by atoms with van der Waals surface area (Å²) in [6.07, 6.45) is 1.03. The molecule has 1 unspecified atom stereocenters. The topological polar surface area (TPSA) is 26.7 Å². The zero-order valence-corrected chi connectivity index (χ0v) is 12.6. The van der Waals surface area contributed by atoms with Crippen LogP contribution in [-0.2, 0) is 0 Å². The van der Waals surface area contributed by atoms with Crippen molar-refractivity contribution < 1.29 is 13.9 Å². The van der Waals surface area contributed by atoms with Gasteiger partial charge >= 0.3 is 0 Å². The van der Waals surface area contributed by atoms with Crippen molar-refractivity contribution in [3.63, 3.8) is 0 Å².